The summed E-state index contributed by atoms with van der Waals surface area (Å²) in [7, 11) is 1.33. The Bertz CT molecular complexity index is 1010. The molecule has 0 bridgehead atoms. The second-order valence-corrected chi connectivity index (χ2v) is 8.50. The summed E-state index contributed by atoms with van der Waals surface area (Å²) in [5.41, 5.74) is 6.59. The van der Waals surface area contributed by atoms with Gasteiger partial charge in [-0.15, -0.1) is 0 Å². The minimum Gasteiger partial charge on any atom is -0.479 e. The lowest BCUT2D eigenvalue weighted by Crippen LogP contribution is -2.53. The number of nitrogens with one attached hydrogen (secondary N) is 2. The standard InChI is InChI=1S/C25H28N2O7/c1-32-14-21(24(29)30)34-27-23(28)22(15-7-6-8-15)26-25(31)33-13-20-18-11-4-2-9-16(18)17-10-3-5-12-19(17)20/h2-5,9-12,15,20-22H,6-8,13-14H2,1H3,(H,26,31)(H,27,28)(H,29,30). The van der Waals surface area contributed by atoms with E-state index in [0.29, 0.717) is 0 Å². The van der Waals surface area contributed by atoms with E-state index in [-0.39, 0.29) is 25.0 Å². The maximum Gasteiger partial charge on any atom is 0.407 e. The van der Waals surface area contributed by atoms with Gasteiger partial charge in [-0.25, -0.2) is 15.1 Å². The molecule has 3 N–H and O–H groups in total. The Labute approximate surface area is 197 Å². The number of amides is 2. The minimum absolute atomic E-state index is 0.0743. The quantitative estimate of drug-likeness (QED) is 0.458. The summed E-state index contributed by atoms with van der Waals surface area (Å²) in [6.45, 7) is -0.103. The van der Waals surface area contributed by atoms with Crippen molar-refractivity contribution in [1.82, 2.24) is 10.8 Å². The Hall–Kier alpha value is -3.43. The maximum atomic E-state index is 12.7. The van der Waals surface area contributed by atoms with Crippen molar-refractivity contribution >= 4 is 18.0 Å². The fourth-order valence-corrected chi connectivity index (χ4v) is 4.44. The van der Waals surface area contributed by atoms with E-state index in [1.807, 2.05) is 36.4 Å². The predicted octanol–water partition coefficient (Wildman–Crippen LogP) is 2.84. The van der Waals surface area contributed by atoms with Crippen LogP contribution in [0, 0.1) is 5.92 Å². The third-order valence-corrected chi connectivity index (χ3v) is 6.42. The van der Waals surface area contributed by atoms with Crippen LogP contribution in [0.2, 0.25) is 0 Å². The summed E-state index contributed by atoms with van der Waals surface area (Å²) in [5.74, 6) is -2.06. The van der Waals surface area contributed by atoms with Crippen molar-refractivity contribution in [3.63, 3.8) is 0 Å². The molecule has 0 radical (unpaired) electrons. The van der Waals surface area contributed by atoms with Crippen molar-refractivity contribution in [2.24, 2.45) is 5.92 Å². The molecule has 2 amide bonds. The molecule has 34 heavy (non-hydrogen) atoms. The molecule has 2 aliphatic rings. The topological polar surface area (TPSA) is 123 Å². The molecular weight excluding hydrogens is 440 g/mol. The number of carbonyl (C=O) groups is 3. The fourth-order valence-electron chi connectivity index (χ4n) is 4.44. The molecule has 4 rings (SSSR count). The van der Waals surface area contributed by atoms with Gasteiger partial charge in [0, 0.05) is 13.0 Å². The first-order valence-electron chi connectivity index (χ1n) is 11.3. The molecule has 2 unspecified atom stereocenters. The Kier molecular flexibility index (Phi) is 7.44. The molecule has 9 nitrogen and oxygen atoms in total. The van der Waals surface area contributed by atoms with Crippen LogP contribution in [-0.2, 0) is 23.9 Å². The summed E-state index contributed by atoms with van der Waals surface area (Å²) in [4.78, 5) is 41.5. The molecule has 0 spiro atoms. The first-order valence-corrected chi connectivity index (χ1v) is 11.3. The van der Waals surface area contributed by atoms with Crippen LogP contribution < -0.4 is 10.8 Å². The summed E-state index contributed by atoms with van der Waals surface area (Å²) < 4.78 is 10.3. The number of hydroxylamine groups is 1. The van der Waals surface area contributed by atoms with E-state index in [1.165, 1.54) is 7.11 Å². The summed E-state index contributed by atoms with van der Waals surface area (Å²) in [6.07, 6.45) is 0.416. The average molecular weight is 469 g/mol. The van der Waals surface area contributed by atoms with Gasteiger partial charge in [-0.05, 0) is 41.0 Å². The molecule has 180 valence electrons. The van der Waals surface area contributed by atoms with Crippen LogP contribution in [0.25, 0.3) is 11.1 Å². The van der Waals surface area contributed by atoms with Gasteiger partial charge in [0.2, 0.25) is 6.10 Å². The highest BCUT2D eigenvalue weighted by molar-refractivity contribution is 5.85. The van der Waals surface area contributed by atoms with Gasteiger partial charge in [-0.2, -0.15) is 0 Å². The van der Waals surface area contributed by atoms with Crippen LogP contribution in [0.1, 0.15) is 36.3 Å². The van der Waals surface area contributed by atoms with E-state index in [0.717, 1.165) is 41.5 Å². The number of hydrogen-bond acceptors (Lipinski definition) is 6. The third kappa shape index (κ3) is 5.05. The molecule has 0 heterocycles. The molecule has 2 aromatic rings. The molecule has 1 fully saturated rings. The van der Waals surface area contributed by atoms with Gasteiger partial charge < -0.3 is 19.9 Å². The van der Waals surface area contributed by atoms with Crippen LogP contribution in [0.3, 0.4) is 0 Å². The second kappa shape index (κ2) is 10.7. The van der Waals surface area contributed by atoms with Crippen molar-refractivity contribution in [1.29, 1.82) is 0 Å². The molecule has 0 aromatic heterocycles. The molecule has 2 aliphatic carbocycles. The number of rotatable bonds is 10. The van der Waals surface area contributed by atoms with Gasteiger partial charge in [-0.3, -0.25) is 9.63 Å². The minimum atomic E-state index is -1.36. The Morgan fingerprint density at radius 1 is 1.03 bits per heavy atom. The molecule has 9 heteroatoms. The zero-order valence-electron chi connectivity index (χ0n) is 18.9. The fraction of sp³-hybridized carbons (Fsp3) is 0.400. The van der Waals surface area contributed by atoms with Gasteiger partial charge in [0.05, 0.1) is 6.61 Å². The number of carboxylic acids is 1. The molecule has 0 aliphatic heterocycles. The number of aliphatic carboxylic acids is 1. The highest BCUT2D eigenvalue weighted by atomic mass is 16.7. The molecule has 1 saturated carbocycles. The van der Waals surface area contributed by atoms with Gasteiger partial charge in [0.25, 0.3) is 5.91 Å². The van der Waals surface area contributed by atoms with Crippen molar-refractivity contribution in [2.45, 2.75) is 37.3 Å². The molecule has 2 aromatic carbocycles. The largest absolute Gasteiger partial charge is 0.479 e. The molecule has 2 atom stereocenters. The Balaban J connectivity index is 1.38. The SMILES string of the molecule is COCC(ONC(=O)C(NC(=O)OCC1c2ccccc2-c2ccccc21)C1CCC1)C(=O)O. The average Bonchev–Trinajstić information content (AvgIpc) is 3.12. The van der Waals surface area contributed by atoms with Crippen LogP contribution in [0.15, 0.2) is 48.5 Å². The Morgan fingerprint density at radius 2 is 1.65 bits per heavy atom. The number of carbonyl (C=O) groups excluding carboxylic acids is 2. The van der Waals surface area contributed by atoms with E-state index in [2.05, 4.69) is 22.9 Å². The van der Waals surface area contributed by atoms with Crippen LogP contribution in [0.5, 0.6) is 0 Å². The lowest BCUT2D eigenvalue weighted by molar-refractivity contribution is -0.166. The summed E-state index contributed by atoms with van der Waals surface area (Å²) in [6, 6.07) is 15.2. The van der Waals surface area contributed by atoms with E-state index < -0.39 is 30.1 Å². The van der Waals surface area contributed by atoms with E-state index in [1.54, 1.807) is 0 Å². The number of methoxy groups -OCH3 is 1. The highest BCUT2D eigenvalue weighted by Gasteiger charge is 2.36. The molecule has 0 saturated heterocycles. The van der Waals surface area contributed by atoms with Crippen molar-refractivity contribution in [3.05, 3.63) is 59.7 Å². The van der Waals surface area contributed by atoms with E-state index in [9.17, 15) is 14.4 Å². The van der Waals surface area contributed by atoms with Gasteiger partial charge in [0.1, 0.15) is 12.6 Å². The van der Waals surface area contributed by atoms with E-state index >= 15 is 0 Å². The first kappa shape index (κ1) is 23.7. The summed E-state index contributed by atoms with van der Waals surface area (Å²) >= 11 is 0. The lowest BCUT2D eigenvalue weighted by Gasteiger charge is -2.33. The maximum absolute atomic E-state index is 12.7. The normalized spacial score (nSPS) is 16.5. The first-order chi connectivity index (χ1) is 16.5. The predicted molar refractivity (Wildman–Crippen MR) is 122 cm³/mol. The zero-order chi connectivity index (χ0) is 24.1. The van der Waals surface area contributed by atoms with Gasteiger partial charge >= 0.3 is 12.1 Å². The number of fused-ring (bicyclic) bond motifs is 3. The van der Waals surface area contributed by atoms with Gasteiger partial charge in [0.15, 0.2) is 0 Å². The van der Waals surface area contributed by atoms with Crippen molar-refractivity contribution < 1.29 is 33.8 Å². The summed E-state index contributed by atoms with van der Waals surface area (Å²) in [5, 5.41) is 11.8. The highest BCUT2D eigenvalue weighted by Crippen LogP contribution is 2.44. The number of alkyl carbamates (subject to hydrolysis) is 1. The van der Waals surface area contributed by atoms with Crippen LogP contribution >= 0.6 is 0 Å². The number of benzene rings is 2. The van der Waals surface area contributed by atoms with Crippen LogP contribution in [-0.4, -0.2) is 55.5 Å². The molecular formula is C25H28N2O7. The zero-order valence-corrected chi connectivity index (χ0v) is 18.9. The monoisotopic (exact) mass is 468 g/mol. The van der Waals surface area contributed by atoms with Gasteiger partial charge in [-0.1, -0.05) is 55.0 Å². The third-order valence-electron chi connectivity index (χ3n) is 6.42. The number of hydrogen-bond donors (Lipinski definition) is 3. The van der Waals surface area contributed by atoms with Crippen LogP contribution in [0.4, 0.5) is 4.79 Å². The smallest absolute Gasteiger partial charge is 0.407 e. The lowest BCUT2D eigenvalue weighted by atomic mass is 9.79. The second-order valence-electron chi connectivity index (χ2n) is 8.50. The van der Waals surface area contributed by atoms with Crippen molar-refractivity contribution in [2.75, 3.05) is 20.3 Å². The van der Waals surface area contributed by atoms with E-state index in [4.69, 9.17) is 19.4 Å². The Morgan fingerprint density at radius 3 is 2.18 bits per heavy atom. The van der Waals surface area contributed by atoms with Crippen molar-refractivity contribution in [3.8, 4) is 11.1 Å². The number of carboxylic acid groups (broad SMARTS) is 1. The number of ether oxygens (including phenoxy) is 2.